The molecule has 0 spiro atoms. The van der Waals surface area contributed by atoms with E-state index < -0.39 is 5.92 Å². The highest BCUT2D eigenvalue weighted by Crippen LogP contribution is 2.41. The molecule has 0 saturated carbocycles. The van der Waals surface area contributed by atoms with E-state index in [0.29, 0.717) is 12.6 Å². The van der Waals surface area contributed by atoms with Gasteiger partial charge in [-0.1, -0.05) is 13.0 Å². The largest absolute Gasteiger partial charge is 0.465 e. The molecule has 0 unspecified atom stereocenters. The Morgan fingerprint density at radius 3 is 3.00 bits per heavy atom. The second-order valence-corrected chi connectivity index (χ2v) is 6.31. The van der Waals surface area contributed by atoms with Crippen LogP contribution in [0.15, 0.2) is 29.5 Å². The Hall–Kier alpha value is -2.15. The van der Waals surface area contributed by atoms with Crippen LogP contribution in [0.1, 0.15) is 36.8 Å². The van der Waals surface area contributed by atoms with Crippen LogP contribution < -0.4 is 5.32 Å². The van der Waals surface area contributed by atoms with E-state index >= 15 is 0 Å². The van der Waals surface area contributed by atoms with Crippen molar-refractivity contribution in [2.45, 2.75) is 33.2 Å². The third-order valence-corrected chi connectivity index (χ3v) is 4.97. The lowest BCUT2D eigenvalue weighted by Gasteiger charge is -2.33. The summed E-state index contributed by atoms with van der Waals surface area (Å²) in [6.07, 6.45) is 4.35. The Morgan fingerprint density at radius 2 is 2.35 bits per heavy atom. The van der Waals surface area contributed by atoms with Gasteiger partial charge in [-0.15, -0.1) is 11.3 Å². The van der Waals surface area contributed by atoms with Crippen molar-refractivity contribution < 1.29 is 9.53 Å². The molecule has 2 aromatic heterocycles. The molecular weight excluding hydrogens is 312 g/mol. The number of aryl methyl sites for hydroxylation is 1. The van der Waals surface area contributed by atoms with Crippen molar-refractivity contribution in [2.75, 3.05) is 11.9 Å². The van der Waals surface area contributed by atoms with E-state index in [9.17, 15) is 4.79 Å². The third-order valence-electron chi connectivity index (χ3n) is 3.88. The summed E-state index contributed by atoms with van der Waals surface area (Å²) in [5, 5.41) is 9.61. The van der Waals surface area contributed by atoms with Crippen molar-refractivity contribution in [1.29, 1.82) is 0 Å². The van der Waals surface area contributed by atoms with Gasteiger partial charge in [-0.2, -0.15) is 10.1 Å². The zero-order chi connectivity index (χ0) is 16.4. The summed E-state index contributed by atoms with van der Waals surface area (Å²) in [6, 6.07) is 1.83. The van der Waals surface area contributed by atoms with E-state index in [-0.39, 0.29) is 12.0 Å². The summed E-state index contributed by atoms with van der Waals surface area (Å²) in [5.41, 5.74) is 1.98. The molecule has 2 aromatic rings. The van der Waals surface area contributed by atoms with Crippen molar-refractivity contribution in [3.8, 4) is 0 Å². The predicted octanol–water partition coefficient (Wildman–Crippen LogP) is 3.14. The van der Waals surface area contributed by atoms with Gasteiger partial charge in [-0.25, -0.2) is 4.68 Å². The van der Waals surface area contributed by atoms with Gasteiger partial charge in [0.2, 0.25) is 5.95 Å². The van der Waals surface area contributed by atoms with Gasteiger partial charge in [-0.3, -0.25) is 4.79 Å². The van der Waals surface area contributed by atoms with Crippen LogP contribution in [0.4, 0.5) is 5.95 Å². The number of ether oxygens (including phenoxy) is 1. The maximum absolute atomic E-state index is 12.7. The average molecular weight is 332 g/mol. The molecular formula is C16H20N4O2S. The summed E-state index contributed by atoms with van der Waals surface area (Å²) in [5.74, 6) is -0.0249. The van der Waals surface area contributed by atoms with Crippen LogP contribution in [0.25, 0.3) is 0 Å². The van der Waals surface area contributed by atoms with Gasteiger partial charge in [0.15, 0.2) is 0 Å². The number of fused-ring (bicyclic) bond motifs is 1. The van der Waals surface area contributed by atoms with Crippen molar-refractivity contribution in [1.82, 2.24) is 14.8 Å². The van der Waals surface area contributed by atoms with Crippen molar-refractivity contribution in [2.24, 2.45) is 5.92 Å². The fraction of sp³-hybridized carbons (Fsp3) is 0.438. The molecule has 1 N–H and O–H groups in total. The minimum absolute atomic E-state index is 0.231. The van der Waals surface area contributed by atoms with E-state index in [0.717, 1.165) is 22.6 Å². The molecule has 23 heavy (non-hydrogen) atoms. The number of anilines is 1. The summed E-state index contributed by atoms with van der Waals surface area (Å²) >= 11 is 1.63. The van der Waals surface area contributed by atoms with E-state index in [1.54, 1.807) is 16.0 Å². The van der Waals surface area contributed by atoms with E-state index in [2.05, 4.69) is 28.4 Å². The average Bonchev–Trinajstić information content (AvgIpc) is 3.15. The zero-order valence-electron chi connectivity index (χ0n) is 13.4. The van der Waals surface area contributed by atoms with Crippen LogP contribution in [0.2, 0.25) is 0 Å². The standard InChI is InChI=1S/C16H20N4O2S/c1-4-6-11-12(15(21)22-5-2)13(14-10(3)7-8-23-14)20-16(19-11)17-9-18-20/h6-9,12-13H,4-5H2,1-3H3,(H,17,18,19)/b11-6-/t12-,13-/m1/s1. The Balaban J connectivity index is 2.15. The Bertz CT molecular complexity index is 734. The maximum atomic E-state index is 12.7. The van der Waals surface area contributed by atoms with Gasteiger partial charge in [-0.05, 0) is 37.3 Å². The first-order valence-corrected chi connectivity index (χ1v) is 8.62. The smallest absolute Gasteiger partial charge is 0.317 e. The number of nitrogens with zero attached hydrogens (tertiary/aromatic N) is 3. The minimum Gasteiger partial charge on any atom is -0.465 e. The minimum atomic E-state index is -0.443. The van der Waals surface area contributed by atoms with E-state index in [1.165, 1.54) is 6.33 Å². The highest BCUT2D eigenvalue weighted by molar-refractivity contribution is 7.10. The lowest BCUT2D eigenvalue weighted by atomic mass is 9.91. The number of hydrogen-bond acceptors (Lipinski definition) is 6. The normalized spacial score (nSPS) is 21.8. The fourth-order valence-corrected chi connectivity index (χ4v) is 3.94. The van der Waals surface area contributed by atoms with Crippen LogP contribution in [0, 0.1) is 12.8 Å². The van der Waals surface area contributed by atoms with Crippen LogP contribution in [-0.4, -0.2) is 27.3 Å². The van der Waals surface area contributed by atoms with Crippen LogP contribution in [0.5, 0.6) is 0 Å². The monoisotopic (exact) mass is 332 g/mol. The van der Waals surface area contributed by atoms with Gasteiger partial charge in [0.25, 0.3) is 0 Å². The summed E-state index contributed by atoms with van der Waals surface area (Å²) in [4.78, 5) is 18.1. The number of aromatic nitrogens is 3. The molecule has 7 heteroatoms. The number of rotatable bonds is 4. The number of nitrogens with one attached hydrogen (secondary N) is 1. The molecule has 6 nitrogen and oxygen atoms in total. The Labute approximate surface area is 139 Å². The molecule has 0 aliphatic carbocycles. The maximum Gasteiger partial charge on any atom is 0.317 e. The molecule has 0 aromatic carbocycles. The molecule has 0 saturated heterocycles. The fourth-order valence-electron chi connectivity index (χ4n) is 2.90. The van der Waals surface area contributed by atoms with Gasteiger partial charge < -0.3 is 10.1 Å². The number of allylic oxidation sites excluding steroid dienone is 1. The van der Waals surface area contributed by atoms with E-state index in [1.807, 2.05) is 25.3 Å². The molecule has 3 rings (SSSR count). The number of carbonyl (C=O) groups is 1. The molecule has 1 aliphatic rings. The highest BCUT2D eigenvalue weighted by Gasteiger charge is 2.42. The van der Waals surface area contributed by atoms with E-state index in [4.69, 9.17) is 4.74 Å². The third kappa shape index (κ3) is 2.76. The second-order valence-electron chi connectivity index (χ2n) is 5.36. The van der Waals surface area contributed by atoms with Crippen LogP contribution in [0.3, 0.4) is 0 Å². The molecule has 122 valence electrons. The SMILES string of the molecule is CC/C=C1\Nc2ncnn2[C@@H](c2sccc2C)[C@@H]1C(=O)OCC. The lowest BCUT2D eigenvalue weighted by Crippen LogP contribution is -2.38. The van der Waals surface area contributed by atoms with Gasteiger partial charge >= 0.3 is 5.97 Å². The molecule has 0 fully saturated rings. The quantitative estimate of drug-likeness (QED) is 0.871. The first kappa shape index (κ1) is 15.7. The van der Waals surface area contributed by atoms with Crippen LogP contribution in [-0.2, 0) is 9.53 Å². The van der Waals surface area contributed by atoms with Crippen molar-refractivity contribution in [3.63, 3.8) is 0 Å². The molecule has 0 bridgehead atoms. The topological polar surface area (TPSA) is 69.0 Å². The zero-order valence-corrected chi connectivity index (χ0v) is 14.3. The molecule has 1 aliphatic heterocycles. The Kier molecular flexibility index (Phi) is 4.47. The van der Waals surface area contributed by atoms with Gasteiger partial charge in [0.1, 0.15) is 18.3 Å². The van der Waals surface area contributed by atoms with Crippen molar-refractivity contribution >= 4 is 23.3 Å². The Morgan fingerprint density at radius 1 is 1.52 bits per heavy atom. The molecule has 0 radical (unpaired) electrons. The molecule has 0 amide bonds. The van der Waals surface area contributed by atoms with Crippen molar-refractivity contribution in [3.05, 3.63) is 40.0 Å². The lowest BCUT2D eigenvalue weighted by molar-refractivity contribution is -0.147. The number of hydrogen-bond donors (Lipinski definition) is 1. The number of esters is 1. The number of carbonyl (C=O) groups excluding carboxylic acids is 1. The first-order chi connectivity index (χ1) is 11.2. The molecule has 2 atom stereocenters. The first-order valence-electron chi connectivity index (χ1n) is 7.74. The summed E-state index contributed by atoms with van der Waals surface area (Å²) < 4.78 is 7.13. The summed E-state index contributed by atoms with van der Waals surface area (Å²) in [6.45, 7) is 6.27. The predicted molar refractivity (Wildman–Crippen MR) is 89.3 cm³/mol. The second kappa shape index (κ2) is 6.54. The van der Waals surface area contributed by atoms with Gasteiger partial charge in [0.05, 0.1) is 6.61 Å². The van der Waals surface area contributed by atoms with Crippen LogP contribution >= 0.6 is 11.3 Å². The highest BCUT2D eigenvalue weighted by atomic mass is 32.1. The number of thiophene rings is 1. The van der Waals surface area contributed by atoms with Gasteiger partial charge in [0, 0.05) is 10.6 Å². The summed E-state index contributed by atoms with van der Waals surface area (Å²) in [7, 11) is 0. The molecule has 3 heterocycles.